The number of aromatic nitrogens is 1. The van der Waals surface area contributed by atoms with Crippen molar-refractivity contribution in [2.45, 2.75) is 30.7 Å². The minimum absolute atomic E-state index is 0.179. The molecule has 8 heteroatoms. The average Bonchev–Trinajstić information content (AvgIpc) is 2.61. The van der Waals surface area contributed by atoms with E-state index in [2.05, 4.69) is 9.71 Å². The number of benzene rings is 1. The standard InChI is InChI=1S/C17H21N3O4S/c1-2-24-17(21)20-11-8-14(9-12-20)19-25(22,23)15-7-3-5-13-6-4-10-18-16(13)15/h3-7,10,14,19H,2,8-9,11-12H2,1H3. The first kappa shape index (κ1) is 17.6. The second kappa shape index (κ2) is 7.37. The molecule has 2 aromatic rings. The lowest BCUT2D eigenvalue weighted by Gasteiger charge is -2.31. The van der Waals surface area contributed by atoms with Crippen molar-refractivity contribution in [1.82, 2.24) is 14.6 Å². The lowest BCUT2D eigenvalue weighted by molar-refractivity contribution is 0.0966. The van der Waals surface area contributed by atoms with Crippen LogP contribution in [0.2, 0.25) is 0 Å². The summed E-state index contributed by atoms with van der Waals surface area (Å²) in [5, 5.41) is 0.780. The predicted molar refractivity (Wildman–Crippen MR) is 93.7 cm³/mol. The molecule has 25 heavy (non-hydrogen) atoms. The van der Waals surface area contributed by atoms with E-state index in [1.807, 2.05) is 12.1 Å². The van der Waals surface area contributed by atoms with E-state index in [-0.39, 0.29) is 17.0 Å². The highest BCUT2D eigenvalue weighted by molar-refractivity contribution is 7.89. The SMILES string of the molecule is CCOC(=O)N1CCC(NS(=O)(=O)c2cccc3cccnc23)CC1. The van der Waals surface area contributed by atoms with Gasteiger partial charge in [0.25, 0.3) is 0 Å². The van der Waals surface area contributed by atoms with Crippen LogP contribution in [0.25, 0.3) is 10.9 Å². The van der Waals surface area contributed by atoms with Gasteiger partial charge in [-0.05, 0) is 31.9 Å². The summed E-state index contributed by atoms with van der Waals surface area (Å²) in [4.78, 5) is 17.7. The smallest absolute Gasteiger partial charge is 0.409 e. The second-order valence-corrected chi connectivity index (χ2v) is 7.60. The Balaban J connectivity index is 1.71. The van der Waals surface area contributed by atoms with Crippen LogP contribution in [0.3, 0.4) is 0 Å². The van der Waals surface area contributed by atoms with Crippen LogP contribution in [0.4, 0.5) is 4.79 Å². The molecule has 0 atom stereocenters. The number of carbonyl (C=O) groups is 1. The van der Waals surface area contributed by atoms with Gasteiger partial charge in [-0.1, -0.05) is 18.2 Å². The molecule has 1 amide bonds. The van der Waals surface area contributed by atoms with E-state index >= 15 is 0 Å². The van der Waals surface area contributed by atoms with Gasteiger partial charge in [0, 0.05) is 30.7 Å². The number of para-hydroxylation sites is 1. The summed E-state index contributed by atoms with van der Waals surface area (Å²) in [5.41, 5.74) is 0.460. The van der Waals surface area contributed by atoms with E-state index in [1.54, 1.807) is 36.2 Å². The fourth-order valence-corrected chi connectivity index (χ4v) is 4.45. The van der Waals surface area contributed by atoms with Crippen LogP contribution < -0.4 is 4.72 Å². The van der Waals surface area contributed by atoms with E-state index in [1.165, 1.54) is 0 Å². The third-order valence-corrected chi connectivity index (χ3v) is 5.78. The number of rotatable bonds is 4. The number of nitrogens with one attached hydrogen (secondary N) is 1. The maximum atomic E-state index is 12.8. The first-order valence-electron chi connectivity index (χ1n) is 8.29. The quantitative estimate of drug-likeness (QED) is 0.899. The number of likely N-dealkylation sites (tertiary alicyclic amines) is 1. The molecule has 0 saturated carbocycles. The Kier molecular flexibility index (Phi) is 5.19. The van der Waals surface area contributed by atoms with Crippen LogP contribution in [0, 0.1) is 0 Å². The Bertz CT molecular complexity index is 856. The highest BCUT2D eigenvalue weighted by atomic mass is 32.2. The molecule has 1 aliphatic rings. The summed E-state index contributed by atoms with van der Waals surface area (Å²) in [5.74, 6) is 0. The average molecular weight is 363 g/mol. The fraction of sp³-hybridized carbons (Fsp3) is 0.412. The Morgan fingerprint density at radius 2 is 2.00 bits per heavy atom. The van der Waals surface area contributed by atoms with Crippen LogP contribution in [0.1, 0.15) is 19.8 Å². The van der Waals surface area contributed by atoms with Crippen LogP contribution in [0.5, 0.6) is 0 Å². The number of pyridine rings is 1. The molecule has 0 spiro atoms. The van der Waals surface area contributed by atoms with E-state index in [4.69, 9.17) is 4.74 Å². The molecule has 0 aliphatic carbocycles. The molecule has 2 heterocycles. The number of sulfonamides is 1. The minimum Gasteiger partial charge on any atom is -0.450 e. The lowest BCUT2D eigenvalue weighted by Crippen LogP contribution is -2.46. The van der Waals surface area contributed by atoms with Gasteiger partial charge in [-0.25, -0.2) is 17.9 Å². The molecule has 3 rings (SSSR count). The van der Waals surface area contributed by atoms with Crippen molar-refractivity contribution in [2.24, 2.45) is 0 Å². The van der Waals surface area contributed by atoms with Gasteiger partial charge in [0.15, 0.2) is 0 Å². The lowest BCUT2D eigenvalue weighted by atomic mass is 10.1. The zero-order valence-electron chi connectivity index (χ0n) is 14.0. The first-order valence-corrected chi connectivity index (χ1v) is 9.77. The molecular weight excluding hydrogens is 342 g/mol. The fourth-order valence-electron chi connectivity index (χ4n) is 2.97. The summed E-state index contributed by atoms with van der Waals surface area (Å²) in [6.45, 7) is 3.04. The Hall–Kier alpha value is -2.19. The number of hydrogen-bond donors (Lipinski definition) is 1. The van der Waals surface area contributed by atoms with Gasteiger partial charge in [-0.3, -0.25) is 4.98 Å². The van der Waals surface area contributed by atoms with Gasteiger partial charge in [0.05, 0.1) is 12.1 Å². The van der Waals surface area contributed by atoms with Crippen molar-refractivity contribution < 1.29 is 17.9 Å². The van der Waals surface area contributed by atoms with Gasteiger partial charge in [0.1, 0.15) is 4.90 Å². The number of amides is 1. The number of ether oxygens (including phenoxy) is 1. The molecule has 1 fully saturated rings. The molecule has 1 aliphatic heterocycles. The van der Waals surface area contributed by atoms with Gasteiger partial charge >= 0.3 is 6.09 Å². The van der Waals surface area contributed by atoms with Crippen LogP contribution >= 0.6 is 0 Å². The number of piperidine rings is 1. The maximum absolute atomic E-state index is 12.8. The van der Waals surface area contributed by atoms with Crippen molar-refractivity contribution in [3.05, 3.63) is 36.5 Å². The molecular formula is C17H21N3O4S. The number of fused-ring (bicyclic) bond motifs is 1. The van der Waals surface area contributed by atoms with Gasteiger partial charge in [-0.15, -0.1) is 0 Å². The number of carbonyl (C=O) groups excluding carboxylic acids is 1. The molecule has 1 aromatic carbocycles. The van der Waals surface area contributed by atoms with Crippen molar-refractivity contribution in [3.63, 3.8) is 0 Å². The van der Waals surface area contributed by atoms with Crippen molar-refractivity contribution >= 4 is 27.0 Å². The molecule has 1 N–H and O–H groups in total. The third kappa shape index (κ3) is 3.91. The highest BCUT2D eigenvalue weighted by Gasteiger charge is 2.28. The molecule has 134 valence electrons. The molecule has 0 radical (unpaired) electrons. The maximum Gasteiger partial charge on any atom is 0.409 e. The molecule has 0 bridgehead atoms. The minimum atomic E-state index is -3.68. The zero-order chi connectivity index (χ0) is 17.9. The summed E-state index contributed by atoms with van der Waals surface area (Å²) in [6.07, 6.45) is 2.34. The Morgan fingerprint density at radius 3 is 2.72 bits per heavy atom. The zero-order valence-corrected chi connectivity index (χ0v) is 14.8. The van der Waals surface area contributed by atoms with Crippen LogP contribution in [-0.2, 0) is 14.8 Å². The van der Waals surface area contributed by atoms with Crippen molar-refractivity contribution in [1.29, 1.82) is 0 Å². The molecule has 0 unspecified atom stereocenters. The second-order valence-electron chi connectivity index (χ2n) is 5.91. The van der Waals surface area contributed by atoms with Crippen molar-refractivity contribution in [2.75, 3.05) is 19.7 Å². The first-order chi connectivity index (χ1) is 12.0. The van der Waals surface area contributed by atoms with E-state index in [9.17, 15) is 13.2 Å². The summed E-state index contributed by atoms with van der Waals surface area (Å²) in [6, 6.07) is 8.50. The number of nitrogens with zero attached hydrogens (tertiary/aromatic N) is 2. The Morgan fingerprint density at radius 1 is 1.28 bits per heavy atom. The van der Waals surface area contributed by atoms with E-state index in [0.717, 1.165) is 5.39 Å². The normalized spacial score (nSPS) is 16.1. The van der Waals surface area contributed by atoms with Gasteiger partial charge in [0.2, 0.25) is 10.0 Å². The monoisotopic (exact) mass is 363 g/mol. The molecule has 1 saturated heterocycles. The molecule has 7 nitrogen and oxygen atoms in total. The highest BCUT2D eigenvalue weighted by Crippen LogP contribution is 2.22. The summed E-state index contributed by atoms with van der Waals surface area (Å²) < 4.78 is 33.3. The predicted octanol–water partition coefficient (Wildman–Crippen LogP) is 2.13. The summed E-state index contributed by atoms with van der Waals surface area (Å²) >= 11 is 0. The van der Waals surface area contributed by atoms with E-state index < -0.39 is 10.0 Å². The molecule has 1 aromatic heterocycles. The Labute approximate surface area is 147 Å². The largest absolute Gasteiger partial charge is 0.450 e. The van der Waals surface area contributed by atoms with Crippen LogP contribution in [0.15, 0.2) is 41.4 Å². The van der Waals surface area contributed by atoms with Crippen LogP contribution in [-0.4, -0.2) is 50.1 Å². The number of hydrogen-bond acceptors (Lipinski definition) is 5. The van der Waals surface area contributed by atoms with Crippen molar-refractivity contribution in [3.8, 4) is 0 Å². The van der Waals surface area contributed by atoms with E-state index in [0.29, 0.717) is 38.1 Å². The summed E-state index contributed by atoms with van der Waals surface area (Å²) in [7, 11) is -3.68. The topological polar surface area (TPSA) is 88.6 Å². The van der Waals surface area contributed by atoms with Gasteiger partial charge < -0.3 is 9.64 Å². The third-order valence-electron chi connectivity index (χ3n) is 4.23. The van der Waals surface area contributed by atoms with Gasteiger partial charge in [-0.2, -0.15) is 0 Å².